The molecule has 0 N–H and O–H groups in total. The Morgan fingerprint density at radius 1 is 1.22 bits per heavy atom. The molecule has 0 saturated carbocycles. The van der Waals surface area contributed by atoms with Gasteiger partial charge in [-0.25, -0.2) is 0 Å². The van der Waals surface area contributed by atoms with Crippen molar-refractivity contribution in [3.05, 3.63) is 48.0 Å². The monoisotopic (exact) mass is 448 g/mol. The van der Waals surface area contributed by atoms with E-state index in [2.05, 4.69) is 32.5 Å². The number of benzene rings is 2. The van der Waals surface area contributed by atoms with Crippen LogP contribution >= 0.6 is 23.5 Å². The molecule has 0 amide bonds. The Hall–Kier alpha value is -0.0436. The Bertz CT molecular complexity index is 951. The molecule has 0 aromatic heterocycles. The molecule has 138 valence electrons. The van der Waals surface area contributed by atoms with E-state index < -0.39 is 10.4 Å². The van der Waals surface area contributed by atoms with Gasteiger partial charge >= 0.3 is 51.4 Å². The third-order valence-electron chi connectivity index (χ3n) is 3.73. The van der Waals surface area contributed by atoms with Gasteiger partial charge in [0.25, 0.3) is 10.4 Å². The smallest absolute Gasteiger partial charge is 0.714 e. The van der Waals surface area contributed by atoms with Crippen LogP contribution in [0.5, 0.6) is 0 Å². The molecular weight excluding hydrogens is 431 g/mol. The van der Waals surface area contributed by atoms with Crippen LogP contribution in [0, 0.1) is 0 Å². The second-order valence-corrected chi connectivity index (χ2v) is 8.90. The summed E-state index contributed by atoms with van der Waals surface area (Å²) >= 11 is 3.04. The molecule has 2 aromatic carbocycles. The molecule has 0 unspecified atom stereocenters. The first-order valence-electron chi connectivity index (χ1n) is 7.85. The molecule has 0 atom stereocenters. The largest absolute Gasteiger partial charge is 1.00 e. The minimum absolute atomic E-state index is 0. The van der Waals surface area contributed by atoms with Crippen molar-refractivity contribution >= 4 is 50.3 Å². The molecule has 2 aromatic rings. The van der Waals surface area contributed by atoms with Crippen molar-refractivity contribution < 1.29 is 68.6 Å². The molecule has 1 aliphatic rings. The van der Waals surface area contributed by atoms with Crippen molar-refractivity contribution in [1.82, 2.24) is 0 Å². The Labute approximate surface area is 210 Å². The molecule has 0 aliphatic carbocycles. The number of anilines is 2. The number of rotatable bonds is 5. The van der Waals surface area contributed by atoms with Gasteiger partial charge in [0.1, 0.15) is 5.04 Å². The molecule has 0 fully saturated rings. The number of nitrogens with zero attached hydrogens (tertiary/aromatic N) is 2. The normalized spacial score (nSPS) is 13.4. The zero-order chi connectivity index (χ0) is 18.7. The number of oxime groups is 1. The number of fused-ring (bicyclic) bond motifs is 2. The van der Waals surface area contributed by atoms with Crippen LogP contribution in [0.1, 0.15) is 12.5 Å². The SMILES string of the molecule is CCS/C(Cc1ccc2c(c1)Sc1ccccc1N2C)=N/OS(=O)(=O)[O-].[K+]. The Morgan fingerprint density at radius 2 is 1.93 bits per heavy atom. The van der Waals surface area contributed by atoms with Gasteiger partial charge in [-0.3, -0.25) is 4.28 Å². The standard InChI is InChI=1S/C17H18N2O4S3.K/c1-3-24-17(18-23-26(20,21)22)11-12-8-9-14-16(10-12)25-15-7-5-4-6-13(15)19(14)2;/h4-10H,3,11H2,1-2H3,(H,20,21,22);/q;+1/p-1/b18-17+;. The molecule has 0 spiro atoms. The quantitative estimate of drug-likeness (QED) is 0.169. The fraction of sp³-hybridized carbons (Fsp3) is 0.235. The van der Waals surface area contributed by atoms with Gasteiger partial charge in [0, 0.05) is 23.3 Å². The molecule has 27 heavy (non-hydrogen) atoms. The van der Waals surface area contributed by atoms with Crippen LogP contribution in [0.3, 0.4) is 0 Å². The fourth-order valence-electron chi connectivity index (χ4n) is 2.63. The summed E-state index contributed by atoms with van der Waals surface area (Å²) in [6.45, 7) is 1.92. The summed E-state index contributed by atoms with van der Waals surface area (Å²) < 4.78 is 36.0. The molecule has 1 aliphatic heterocycles. The van der Waals surface area contributed by atoms with E-state index in [-0.39, 0.29) is 51.4 Å². The summed E-state index contributed by atoms with van der Waals surface area (Å²) in [6.07, 6.45) is 0.396. The average molecular weight is 449 g/mol. The number of thioether (sulfide) groups is 1. The number of hydrogen-bond acceptors (Lipinski definition) is 8. The van der Waals surface area contributed by atoms with Gasteiger partial charge in [-0.2, -0.15) is 8.42 Å². The van der Waals surface area contributed by atoms with Crippen LogP contribution in [-0.2, 0) is 21.1 Å². The third kappa shape index (κ3) is 6.22. The van der Waals surface area contributed by atoms with Gasteiger partial charge in [0.05, 0.1) is 11.4 Å². The number of hydrogen-bond donors (Lipinski definition) is 0. The van der Waals surface area contributed by atoms with Gasteiger partial charge in [-0.05, 0) is 35.6 Å². The van der Waals surface area contributed by atoms with E-state index in [1.807, 2.05) is 38.2 Å². The maximum absolute atomic E-state index is 10.6. The molecule has 3 rings (SSSR count). The topological polar surface area (TPSA) is 82.0 Å². The summed E-state index contributed by atoms with van der Waals surface area (Å²) in [5.41, 5.74) is 3.24. The fourth-order valence-corrected chi connectivity index (χ4v) is 4.77. The second-order valence-electron chi connectivity index (χ2n) is 5.51. The van der Waals surface area contributed by atoms with Gasteiger partial charge in [-0.15, -0.1) is 11.8 Å². The summed E-state index contributed by atoms with van der Waals surface area (Å²) in [5.74, 6) is 0.691. The maximum Gasteiger partial charge on any atom is 1.00 e. The molecule has 0 saturated heterocycles. The van der Waals surface area contributed by atoms with Crippen molar-refractivity contribution in [3.8, 4) is 0 Å². The Kier molecular flexibility index (Phi) is 8.71. The molecule has 0 bridgehead atoms. The van der Waals surface area contributed by atoms with Crippen molar-refractivity contribution in [2.24, 2.45) is 5.16 Å². The van der Waals surface area contributed by atoms with Gasteiger partial charge in [0.15, 0.2) is 0 Å². The summed E-state index contributed by atoms with van der Waals surface area (Å²) in [4.78, 5) is 4.44. The molecule has 6 nitrogen and oxygen atoms in total. The van der Waals surface area contributed by atoms with Crippen molar-refractivity contribution in [1.29, 1.82) is 0 Å². The minimum atomic E-state index is -4.85. The van der Waals surface area contributed by atoms with Crippen LogP contribution < -0.4 is 56.3 Å². The summed E-state index contributed by atoms with van der Waals surface area (Å²) in [5, 5.41) is 3.95. The predicted molar refractivity (Wildman–Crippen MR) is 105 cm³/mol. The van der Waals surface area contributed by atoms with E-state index in [0.29, 0.717) is 17.2 Å². The maximum atomic E-state index is 10.6. The number of para-hydroxylation sites is 1. The average Bonchev–Trinajstić information content (AvgIpc) is 2.59. The molecule has 1 heterocycles. The zero-order valence-corrected chi connectivity index (χ0v) is 20.8. The zero-order valence-electron chi connectivity index (χ0n) is 15.2. The molecular formula is C17H17KN2O4S3. The van der Waals surface area contributed by atoms with Crippen LogP contribution in [0.4, 0.5) is 11.4 Å². The first-order chi connectivity index (χ1) is 12.4. The van der Waals surface area contributed by atoms with E-state index in [1.165, 1.54) is 16.7 Å². The van der Waals surface area contributed by atoms with Gasteiger partial charge < -0.3 is 9.45 Å². The first kappa shape index (κ1) is 23.2. The van der Waals surface area contributed by atoms with Crippen molar-refractivity contribution in [2.75, 3.05) is 17.7 Å². The van der Waals surface area contributed by atoms with Crippen molar-refractivity contribution in [3.63, 3.8) is 0 Å². The van der Waals surface area contributed by atoms with Crippen LogP contribution in [0.15, 0.2) is 57.4 Å². The second kappa shape index (κ2) is 10.1. The van der Waals surface area contributed by atoms with E-state index in [0.717, 1.165) is 21.8 Å². The van der Waals surface area contributed by atoms with Gasteiger partial charge in [0.2, 0.25) is 0 Å². The Balaban J connectivity index is 0.00000261. The summed E-state index contributed by atoms with van der Waals surface area (Å²) in [6, 6.07) is 14.3. The first-order valence-corrected chi connectivity index (χ1v) is 11.0. The van der Waals surface area contributed by atoms with E-state index in [1.54, 1.807) is 11.8 Å². The van der Waals surface area contributed by atoms with E-state index in [4.69, 9.17) is 0 Å². The molecule has 10 heteroatoms. The summed E-state index contributed by atoms with van der Waals surface area (Å²) in [7, 11) is -2.81. The van der Waals surface area contributed by atoms with Crippen LogP contribution in [-0.4, -0.2) is 30.8 Å². The van der Waals surface area contributed by atoms with Crippen molar-refractivity contribution in [2.45, 2.75) is 23.1 Å². The third-order valence-corrected chi connectivity index (χ3v) is 5.94. The van der Waals surface area contributed by atoms with E-state index in [9.17, 15) is 13.0 Å². The van der Waals surface area contributed by atoms with E-state index >= 15 is 0 Å². The van der Waals surface area contributed by atoms with Crippen LogP contribution in [0.2, 0.25) is 0 Å². The van der Waals surface area contributed by atoms with Crippen LogP contribution in [0.25, 0.3) is 0 Å². The van der Waals surface area contributed by atoms with Gasteiger partial charge in [-0.1, -0.05) is 42.0 Å². The minimum Gasteiger partial charge on any atom is -0.714 e. The predicted octanol–water partition coefficient (Wildman–Crippen LogP) is 1.01. The molecule has 0 radical (unpaired) electrons. The Morgan fingerprint density at radius 3 is 2.63 bits per heavy atom.